The molecule has 23 heavy (non-hydrogen) atoms. The lowest BCUT2D eigenvalue weighted by atomic mass is 10.00. The molecule has 0 radical (unpaired) electrons. The van der Waals surface area contributed by atoms with Crippen molar-refractivity contribution in [1.29, 1.82) is 0 Å². The van der Waals surface area contributed by atoms with Gasteiger partial charge in [0.25, 0.3) is 0 Å². The van der Waals surface area contributed by atoms with Crippen molar-refractivity contribution in [2.75, 3.05) is 23.4 Å². The first-order valence-electron chi connectivity index (χ1n) is 7.80. The summed E-state index contributed by atoms with van der Waals surface area (Å²) < 4.78 is 1.11. The Hall–Kier alpha value is -1.66. The molecule has 2 N–H and O–H groups in total. The summed E-state index contributed by atoms with van der Waals surface area (Å²) in [5, 5.41) is 12.3. The second kappa shape index (κ2) is 6.84. The van der Waals surface area contributed by atoms with Crippen molar-refractivity contribution in [1.82, 2.24) is 9.97 Å². The Morgan fingerprint density at radius 1 is 1.30 bits per heavy atom. The summed E-state index contributed by atoms with van der Waals surface area (Å²) in [6.07, 6.45) is 1.02. The van der Waals surface area contributed by atoms with Gasteiger partial charge >= 0.3 is 0 Å². The van der Waals surface area contributed by atoms with Crippen LogP contribution in [-0.4, -0.2) is 34.3 Å². The van der Waals surface area contributed by atoms with Crippen LogP contribution in [-0.2, 0) is 13.0 Å². The van der Waals surface area contributed by atoms with E-state index in [-0.39, 0.29) is 12.6 Å². The number of halogens is 1. The van der Waals surface area contributed by atoms with Crippen molar-refractivity contribution < 1.29 is 5.11 Å². The number of nitrogens with one attached hydrogen (secondary N) is 1. The van der Waals surface area contributed by atoms with Crippen LogP contribution in [0.15, 0.2) is 28.7 Å². The van der Waals surface area contributed by atoms with E-state index in [0.29, 0.717) is 5.95 Å². The van der Waals surface area contributed by atoms with Crippen molar-refractivity contribution in [3.63, 3.8) is 0 Å². The van der Waals surface area contributed by atoms with Crippen LogP contribution in [0.25, 0.3) is 0 Å². The normalized spacial score (nSPS) is 15.2. The lowest BCUT2D eigenvalue weighted by molar-refractivity contribution is 0.281. The summed E-state index contributed by atoms with van der Waals surface area (Å²) >= 11 is 3.55. The molecule has 3 rings (SSSR count). The number of aromatic nitrogens is 2. The Morgan fingerprint density at radius 3 is 2.91 bits per heavy atom. The number of aliphatic hydroxyl groups excluding tert-OH is 1. The van der Waals surface area contributed by atoms with Gasteiger partial charge in [0, 0.05) is 35.4 Å². The summed E-state index contributed by atoms with van der Waals surface area (Å²) in [5.41, 5.74) is 3.66. The number of hydrogen-bond acceptors (Lipinski definition) is 5. The van der Waals surface area contributed by atoms with Gasteiger partial charge < -0.3 is 15.3 Å². The van der Waals surface area contributed by atoms with E-state index in [1.54, 1.807) is 0 Å². The van der Waals surface area contributed by atoms with Gasteiger partial charge in [0.05, 0.1) is 6.61 Å². The minimum absolute atomic E-state index is 0.0533. The monoisotopic (exact) mass is 376 g/mol. The van der Waals surface area contributed by atoms with Crippen LogP contribution in [0, 0.1) is 6.92 Å². The fourth-order valence-electron chi connectivity index (χ4n) is 2.77. The van der Waals surface area contributed by atoms with E-state index >= 15 is 0 Å². The zero-order valence-electron chi connectivity index (χ0n) is 13.4. The maximum absolute atomic E-state index is 9.19. The third kappa shape index (κ3) is 3.82. The van der Waals surface area contributed by atoms with Crippen LogP contribution in [0.1, 0.15) is 23.7 Å². The van der Waals surface area contributed by atoms with Crippen LogP contribution in [0.2, 0.25) is 0 Å². The Morgan fingerprint density at radius 2 is 2.13 bits per heavy atom. The van der Waals surface area contributed by atoms with Gasteiger partial charge in [-0.3, -0.25) is 0 Å². The number of rotatable bonds is 4. The van der Waals surface area contributed by atoms with Crippen molar-refractivity contribution in [3.8, 4) is 0 Å². The summed E-state index contributed by atoms with van der Waals surface area (Å²) in [6, 6.07) is 8.42. The van der Waals surface area contributed by atoms with Crippen LogP contribution in [0.3, 0.4) is 0 Å². The molecule has 0 saturated heterocycles. The average molecular weight is 377 g/mol. The number of nitrogens with zero attached hydrogens (tertiary/aromatic N) is 3. The quantitative estimate of drug-likeness (QED) is 0.858. The highest BCUT2D eigenvalue weighted by molar-refractivity contribution is 9.10. The van der Waals surface area contributed by atoms with Gasteiger partial charge in [-0.2, -0.15) is 4.98 Å². The molecule has 0 aliphatic carbocycles. The molecular weight excluding hydrogens is 356 g/mol. The summed E-state index contributed by atoms with van der Waals surface area (Å²) in [4.78, 5) is 11.3. The second-order valence-electron chi connectivity index (χ2n) is 6.00. The molecule has 0 saturated carbocycles. The molecule has 1 aromatic heterocycles. The molecule has 122 valence electrons. The van der Waals surface area contributed by atoms with Gasteiger partial charge in [0.15, 0.2) is 0 Å². The smallest absolute Gasteiger partial charge is 0.225 e. The van der Waals surface area contributed by atoms with E-state index in [9.17, 15) is 5.11 Å². The molecule has 1 aromatic carbocycles. The lowest BCUT2D eigenvalue weighted by Gasteiger charge is -2.30. The molecular formula is C17H21BrN4O. The first-order chi connectivity index (χ1) is 11.0. The minimum Gasteiger partial charge on any atom is -0.394 e. The SMILES string of the molecule is Cc1cc(N2CCc3ccc(Br)cc3C2)nc(N[C@@H](C)CO)n1. The van der Waals surface area contributed by atoms with Crippen molar-refractivity contribution in [3.05, 3.63) is 45.6 Å². The third-order valence-electron chi connectivity index (χ3n) is 3.99. The third-order valence-corrected chi connectivity index (χ3v) is 4.49. The first kappa shape index (κ1) is 16.2. The maximum Gasteiger partial charge on any atom is 0.225 e. The molecule has 1 aliphatic rings. The standard InChI is InChI=1S/C17H21BrN4O/c1-11-7-16(21-17(19-11)20-12(2)10-23)22-6-5-13-3-4-15(18)8-14(13)9-22/h3-4,7-8,12,23H,5-6,9-10H2,1-2H3,(H,19,20,21)/t12-/m0/s1. The number of anilines is 2. The van der Waals surface area contributed by atoms with Gasteiger partial charge in [-0.05, 0) is 43.5 Å². The fraction of sp³-hybridized carbons (Fsp3) is 0.412. The number of benzene rings is 1. The topological polar surface area (TPSA) is 61.3 Å². The van der Waals surface area contributed by atoms with Gasteiger partial charge in [-0.25, -0.2) is 4.98 Å². The predicted octanol–water partition coefficient (Wildman–Crippen LogP) is 2.90. The van der Waals surface area contributed by atoms with E-state index < -0.39 is 0 Å². The summed E-state index contributed by atoms with van der Waals surface area (Å²) in [7, 11) is 0. The molecule has 0 unspecified atom stereocenters. The lowest BCUT2D eigenvalue weighted by Crippen LogP contribution is -2.31. The highest BCUT2D eigenvalue weighted by atomic mass is 79.9. The van der Waals surface area contributed by atoms with Crippen LogP contribution in [0.5, 0.6) is 0 Å². The van der Waals surface area contributed by atoms with Crippen LogP contribution >= 0.6 is 15.9 Å². The van der Waals surface area contributed by atoms with Gasteiger partial charge in [0.2, 0.25) is 5.95 Å². The molecule has 2 heterocycles. The largest absolute Gasteiger partial charge is 0.394 e. The molecule has 5 nitrogen and oxygen atoms in total. The van der Waals surface area contributed by atoms with Gasteiger partial charge in [-0.15, -0.1) is 0 Å². The molecule has 1 atom stereocenters. The molecule has 6 heteroatoms. The predicted molar refractivity (Wildman–Crippen MR) is 95.8 cm³/mol. The first-order valence-corrected chi connectivity index (χ1v) is 8.60. The van der Waals surface area contributed by atoms with E-state index in [1.807, 2.05) is 19.9 Å². The van der Waals surface area contributed by atoms with Crippen molar-refractivity contribution in [2.24, 2.45) is 0 Å². The Kier molecular flexibility index (Phi) is 4.82. The Labute approximate surface area is 144 Å². The van der Waals surface area contributed by atoms with E-state index in [4.69, 9.17) is 0 Å². The van der Waals surface area contributed by atoms with Gasteiger partial charge in [-0.1, -0.05) is 22.0 Å². The average Bonchev–Trinajstić information content (AvgIpc) is 2.53. The van der Waals surface area contributed by atoms with Crippen molar-refractivity contribution in [2.45, 2.75) is 32.9 Å². The molecule has 0 amide bonds. The van der Waals surface area contributed by atoms with E-state index in [0.717, 1.165) is 35.5 Å². The number of fused-ring (bicyclic) bond motifs is 1. The van der Waals surface area contributed by atoms with Gasteiger partial charge in [0.1, 0.15) is 5.82 Å². The Bertz CT molecular complexity index is 707. The highest BCUT2D eigenvalue weighted by Gasteiger charge is 2.19. The zero-order chi connectivity index (χ0) is 16.4. The minimum atomic E-state index is -0.0670. The van der Waals surface area contributed by atoms with Crippen molar-refractivity contribution >= 4 is 27.7 Å². The fourth-order valence-corrected chi connectivity index (χ4v) is 3.17. The summed E-state index contributed by atoms with van der Waals surface area (Å²) in [6.45, 7) is 5.71. The number of hydrogen-bond donors (Lipinski definition) is 2. The Balaban J connectivity index is 1.84. The zero-order valence-corrected chi connectivity index (χ0v) is 15.0. The number of aryl methyl sites for hydroxylation is 1. The molecule has 0 fully saturated rings. The molecule has 0 spiro atoms. The van der Waals surface area contributed by atoms with Crippen LogP contribution < -0.4 is 10.2 Å². The van der Waals surface area contributed by atoms with Crippen LogP contribution in [0.4, 0.5) is 11.8 Å². The molecule has 2 aromatic rings. The molecule has 1 aliphatic heterocycles. The maximum atomic E-state index is 9.19. The highest BCUT2D eigenvalue weighted by Crippen LogP contribution is 2.26. The van der Waals surface area contributed by atoms with E-state index in [2.05, 4.69) is 54.3 Å². The second-order valence-corrected chi connectivity index (χ2v) is 6.92. The molecule has 0 bridgehead atoms. The number of aliphatic hydroxyl groups is 1. The summed E-state index contributed by atoms with van der Waals surface area (Å²) in [5.74, 6) is 1.50. The van der Waals surface area contributed by atoms with E-state index in [1.165, 1.54) is 11.1 Å².